The number of nitrogen functional groups attached to an aromatic ring is 1. The number of halogens is 3. The van der Waals surface area contributed by atoms with Crippen LogP contribution in [0.2, 0.25) is 5.02 Å². The molecule has 0 aliphatic heterocycles. The first-order valence-electron chi connectivity index (χ1n) is 6.50. The zero-order chi connectivity index (χ0) is 16.6. The van der Waals surface area contributed by atoms with Crippen LogP contribution in [-0.2, 0) is 5.75 Å². The molecule has 2 N–H and O–H groups in total. The van der Waals surface area contributed by atoms with Gasteiger partial charge in [0.15, 0.2) is 5.16 Å². The topological polar surface area (TPSA) is 60.9 Å². The summed E-state index contributed by atoms with van der Waals surface area (Å²) in [6.45, 7) is 0. The van der Waals surface area contributed by atoms with Gasteiger partial charge in [-0.25, -0.2) is 14.1 Å². The van der Waals surface area contributed by atoms with Crippen molar-refractivity contribution in [3.63, 3.8) is 0 Å². The van der Waals surface area contributed by atoms with Gasteiger partial charge >= 0.3 is 0 Å². The summed E-state index contributed by atoms with van der Waals surface area (Å²) >= 11 is 10.6. The summed E-state index contributed by atoms with van der Waals surface area (Å²) in [5.74, 6) is 5.86. The molecule has 8 heteroatoms. The van der Waals surface area contributed by atoms with Crippen LogP contribution in [0.3, 0.4) is 0 Å². The first-order valence-corrected chi connectivity index (χ1v) is 8.65. The van der Waals surface area contributed by atoms with Crippen molar-refractivity contribution in [2.45, 2.75) is 10.9 Å². The van der Waals surface area contributed by atoms with Crippen molar-refractivity contribution < 1.29 is 4.39 Å². The van der Waals surface area contributed by atoms with E-state index in [-0.39, 0.29) is 5.56 Å². The number of rotatable bonds is 3. The van der Waals surface area contributed by atoms with Crippen molar-refractivity contribution in [1.29, 1.82) is 0 Å². The van der Waals surface area contributed by atoms with Gasteiger partial charge in [-0.2, -0.15) is 0 Å². The van der Waals surface area contributed by atoms with Crippen LogP contribution in [-0.4, -0.2) is 9.66 Å². The Morgan fingerprint density at radius 3 is 2.83 bits per heavy atom. The first-order chi connectivity index (χ1) is 11.0. The molecule has 118 valence electrons. The largest absolute Gasteiger partial charge is 0.334 e. The quantitative estimate of drug-likeness (QED) is 0.400. The summed E-state index contributed by atoms with van der Waals surface area (Å²) in [6, 6.07) is 9.42. The van der Waals surface area contributed by atoms with Crippen molar-refractivity contribution in [3.8, 4) is 0 Å². The average Bonchev–Trinajstić information content (AvgIpc) is 2.51. The molecule has 23 heavy (non-hydrogen) atoms. The zero-order valence-corrected chi connectivity index (χ0v) is 14.8. The summed E-state index contributed by atoms with van der Waals surface area (Å²) in [5.41, 5.74) is 0.972. The maximum atomic E-state index is 13.1. The number of benzene rings is 2. The molecule has 0 saturated carbocycles. The second kappa shape index (κ2) is 6.51. The third kappa shape index (κ3) is 3.36. The molecule has 0 bridgehead atoms. The maximum absolute atomic E-state index is 13.1. The highest BCUT2D eigenvalue weighted by molar-refractivity contribution is 9.10. The molecule has 0 atom stereocenters. The Morgan fingerprint density at radius 1 is 1.30 bits per heavy atom. The summed E-state index contributed by atoms with van der Waals surface area (Å²) in [6.07, 6.45) is 0. The molecule has 0 radical (unpaired) electrons. The summed E-state index contributed by atoms with van der Waals surface area (Å²) in [7, 11) is 0. The highest BCUT2D eigenvalue weighted by atomic mass is 79.9. The summed E-state index contributed by atoms with van der Waals surface area (Å²) < 4.78 is 14.9. The number of hydrogen-bond donors (Lipinski definition) is 1. The van der Waals surface area contributed by atoms with Gasteiger partial charge in [-0.15, -0.1) is 0 Å². The normalized spacial score (nSPS) is 11.1. The Hall–Kier alpha value is -1.57. The minimum atomic E-state index is -0.395. The van der Waals surface area contributed by atoms with Crippen LogP contribution in [0.4, 0.5) is 4.39 Å². The molecule has 4 nitrogen and oxygen atoms in total. The molecule has 0 saturated heterocycles. The summed E-state index contributed by atoms with van der Waals surface area (Å²) in [5, 5.41) is 1.13. The average molecular weight is 415 g/mol. The van der Waals surface area contributed by atoms with Gasteiger partial charge in [-0.3, -0.25) is 4.79 Å². The van der Waals surface area contributed by atoms with Crippen molar-refractivity contribution in [2.24, 2.45) is 0 Å². The lowest BCUT2D eigenvalue weighted by molar-refractivity contribution is 0.627. The molecular weight excluding hydrogens is 405 g/mol. The smallest absolute Gasteiger partial charge is 0.280 e. The lowest BCUT2D eigenvalue weighted by atomic mass is 10.2. The number of nitrogens with two attached hydrogens (primary N) is 1. The number of thioether (sulfide) groups is 1. The molecule has 0 spiro atoms. The van der Waals surface area contributed by atoms with Crippen molar-refractivity contribution in [1.82, 2.24) is 9.66 Å². The van der Waals surface area contributed by atoms with Crippen molar-refractivity contribution in [2.75, 3.05) is 5.84 Å². The maximum Gasteiger partial charge on any atom is 0.280 e. The van der Waals surface area contributed by atoms with E-state index in [4.69, 9.17) is 17.4 Å². The SMILES string of the molecule is Nn1c(SCc2ccc(F)cc2Cl)nc2ccc(Br)cc2c1=O. The van der Waals surface area contributed by atoms with Crippen LogP contribution >= 0.6 is 39.3 Å². The van der Waals surface area contributed by atoms with Crippen LogP contribution < -0.4 is 11.4 Å². The highest BCUT2D eigenvalue weighted by Crippen LogP contribution is 2.26. The Balaban J connectivity index is 1.95. The third-order valence-electron chi connectivity index (χ3n) is 3.20. The predicted octanol–water partition coefficient (Wildman–Crippen LogP) is 3.96. The second-order valence-electron chi connectivity index (χ2n) is 4.76. The molecule has 3 rings (SSSR count). The van der Waals surface area contributed by atoms with E-state index in [0.717, 1.165) is 14.7 Å². The van der Waals surface area contributed by atoms with Crippen LogP contribution in [0.15, 0.2) is 50.8 Å². The second-order valence-corrected chi connectivity index (χ2v) is 7.02. The lowest BCUT2D eigenvalue weighted by Crippen LogP contribution is -2.29. The highest BCUT2D eigenvalue weighted by Gasteiger charge is 2.11. The molecule has 1 heterocycles. The van der Waals surface area contributed by atoms with E-state index in [2.05, 4.69) is 20.9 Å². The van der Waals surface area contributed by atoms with Gasteiger partial charge in [-0.1, -0.05) is 45.4 Å². The van der Waals surface area contributed by atoms with E-state index in [1.807, 2.05) is 0 Å². The first kappa shape index (κ1) is 16.3. The van der Waals surface area contributed by atoms with Gasteiger partial charge in [0, 0.05) is 15.2 Å². The zero-order valence-electron chi connectivity index (χ0n) is 11.6. The van der Waals surface area contributed by atoms with E-state index in [1.165, 1.54) is 23.9 Å². The fourth-order valence-electron chi connectivity index (χ4n) is 2.03. The minimum absolute atomic E-state index is 0.327. The van der Waals surface area contributed by atoms with E-state index < -0.39 is 5.82 Å². The van der Waals surface area contributed by atoms with Gasteiger partial charge in [0.05, 0.1) is 10.9 Å². The molecular formula is C15H10BrClFN3OS. The fraction of sp³-hybridized carbons (Fsp3) is 0.0667. The van der Waals surface area contributed by atoms with Crippen molar-refractivity contribution in [3.05, 3.63) is 67.6 Å². The number of aromatic nitrogens is 2. The van der Waals surface area contributed by atoms with E-state index >= 15 is 0 Å². The molecule has 2 aromatic carbocycles. The molecule has 3 aromatic rings. The number of hydrogen-bond acceptors (Lipinski definition) is 4. The van der Waals surface area contributed by atoms with Crippen LogP contribution in [0.5, 0.6) is 0 Å². The Labute approximate surface area is 148 Å². The van der Waals surface area contributed by atoms with E-state index in [1.54, 1.807) is 24.3 Å². The minimum Gasteiger partial charge on any atom is -0.334 e. The molecule has 1 aromatic heterocycles. The Bertz CT molecular complexity index is 963. The molecule has 0 fully saturated rings. The third-order valence-corrected chi connectivity index (χ3v) is 5.05. The van der Waals surface area contributed by atoms with Crippen LogP contribution in [0.25, 0.3) is 10.9 Å². The lowest BCUT2D eigenvalue weighted by Gasteiger charge is -2.09. The van der Waals surface area contributed by atoms with Crippen molar-refractivity contribution >= 4 is 50.2 Å². The predicted molar refractivity (Wildman–Crippen MR) is 94.8 cm³/mol. The summed E-state index contributed by atoms with van der Waals surface area (Å²) in [4.78, 5) is 16.7. The number of nitrogens with zero attached hydrogens (tertiary/aromatic N) is 2. The van der Waals surface area contributed by atoms with Gasteiger partial charge in [-0.05, 0) is 35.9 Å². The van der Waals surface area contributed by atoms with Gasteiger partial charge in [0.25, 0.3) is 5.56 Å². The van der Waals surface area contributed by atoms with E-state index in [9.17, 15) is 9.18 Å². The van der Waals surface area contributed by atoms with E-state index in [0.29, 0.717) is 26.8 Å². The van der Waals surface area contributed by atoms with Gasteiger partial charge in [0.2, 0.25) is 0 Å². The molecule has 0 amide bonds. The van der Waals surface area contributed by atoms with Gasteiger partial charge in [0.1, 0.15) is 5.82 Å². The monoisotopic (exact) mass is 413 g/mol. The number of fused-ring (bicyclic) bond motifs is 1. The Morgan fingerprint density at radius 2 is 2.09 bits per heavy atom. The molecule has 0 unspecified atom stereocenters. The molecule has 0 aliphatic rings. The molecule has 0 aliphatic carbocycles. The van der Waals surface area contributed by atoms with Crippen LogP contribution in [0.1, 0.15) is 5.56 Å². The van der Waals surface area contributed by atoms with Crippen LogP contribution in [0, 0.1) is 5.82 Å². The fourth-order valence-corrected chi connectivity index (χ4v) is 3.63. The Kier molecular flexibility index (Phi) is 4.61. The standard InChI is InChI=1S/C15H10BrClFN3OS/c16-9-2-4-13-11(5-9)14(22)21(19)15(20-13)23-7-8-1-3-10(18)6-12(8)17/h1-6H,7,19H2. The van der Waals surface area contributed by atoms with Gasteiger partial charge < -0.3 is 5.84 Å².